The number of benzene rings is 2. The van der Waals surface area contributed by atoms with Gasteiger partial charge >= 0.3 is 0 Å². The van der Waals surface area contributed by atoms with Gasteiger partial charge in [-0.25, -0.2) is 5.43 Å². The van der Waals surface area contributed by atoms with Gasteiger partial charge in [-0.2, -0.15) is 5.10 Å². The molecule has 0 bridgehead atoms. The normalized spacial score (nSPS) is 14.5. The topological polar surface area (TPSA) is 100 Å². The maximum atomic E-state index is 12.6. The second kappa shape index (κ2) is 9.78. The van der Waals surface area contributed by atoms with Gasteiger partial charge in [0.25, 0.3) is 5.91 Å². The molecule has 2 aromatic rings. The number of phenols is 1. The zero-order valence-corrected chi connectivity index (χ0v) is 17.0. The summed E-state index contributed by atoms with van der Waals surface area (Å²) in [4.78, 5) is 26.8. The first kappa shape index (κ1) is 21.2. The predicted molar refractivity (Wildman–Crippen MR) is 112 cm³/mol. The zero-order chi connectivity index (χ0) is 21.5. The standard InChI is InChI=1S/C22H25N3O5/c1-29-18-8-6-16(7-9-18)22(28)25-12-10-15(11-13-25)21(27)24-23-14-17-4-3-5-19(30-2)20(17)26/h3-9,14-15,26H,10-13H2,1-2H3,(H,24,27)/b23-14-. The maximum absolute atomic E-state index is 12.6. The average molecular weight is 411 g/mol. The van der Waals surface area contributed by atoms with Crippen molar-refractivity contribution in [1.82, 2.24) is 10.3 Å². The highest BCUT2D eigenvalue weighted by Crippen LogP contribution is 2.28. The minimum Gasteiger partial charge on any atom is -0.504 e. The number of phenolic OH excluding ortho intramolecular Hbond substituents is 1. The Labute approximate surface area is 175 Å². The van der Waals surface area contributed by atoms with E-state index in [1.165, 1.54) is 13.3 Å². The first-order valence-electron chi connectivity index (χ1n) is 9.65. The molecule has 2 aromatic carbocycles. The van der Waals surface area contributed by atoms with Gasteiger partial charge in [0, 0.05) is 30.1 Å². The van der Waals surface area contributed by atoms with Crippen LogP contribution in [-0.2, 0) is 4.79 Å². The van der Waals surface area contributed by atoms with Crippen LogP contribution in [-0.4, -0.2) is 55.3 Å². The summed E-state index contributed by atoms with van der Waals surface area (Å²) in [5.41, 5.74) is 3.55. The van der Waals surface area contributed by atoms with E-state index in [0.717, 1.165) is 0 Å². The fourth-order valence-electron chi connectivity index (χ4n) is 3.33. The van der Waals surface area contributed by atoms with Crippen LogP contribution in [0.1, 0.15) is 28.8 Å². The number of carbonyl (C=O) groups is 2. The zero-order valence-electron chi connectivity index (χ0n) is 17.0. The number of hydrogen-bond donors (Lipinski definition) is 2. The molecule has 0 unspecified atom stereocenters. The van der Waals surface area contributed by atoms with E-state index in [-0.39, 0.29) is 23.5 Å². The molecule has 2 N–H and O–H groups in total. The molecule has 0 aliphatic carbocycles. The third kappa shape index (κ3) is 4.89. The number of piperidine rings is 1. The van der Waals surface area contributed by atoms with Crippen LogP contribution in [0.4, 0.5) is 0 Å². The number of aromatic hydroxyl groups is 1. The quantitative estimate of drug-likeness (QED) is 0.562. The number of likely N-dealkylation sites (tertiary alicyclic amines) is 1. The van der Waals surface area contributed by atoms with E-state index in [2.05, 4.69) is 10.5 Å². The SMILES string of the molecule is COc1ccc(C(=O)N2CCC(C(=O)N/N=C\c3cccc(OC)c3O)CC2)cc1. The highest BCUT2D eigenvalue weighted by atomic mass is 16.5. The Hall–Kier alpha value is -3.55. The lowest BCUT2D eigenvalue weighted by Gasteiger charge is -2.31. The fourth-order valence-corrected chi connectivity index (χ4v) is 3.33. The lowest BCUT2D eigenvalue weighted by molar-refractivity contribution is -0.126. The summed E-state index contributed by atoms with van der Waals surface area (Å²) in [7, 11) is 3.04. The summed E-state index contributed by atoms with van der Waals surface area (Å²) in [6.07, 6.45) is 2.50. The minimum absolute atomic E-state index is 0.0386. The van der Waals surface area contributed by atoms with Gasteiger partial charge in [-0.15, -0.1) is 0 Å². The molecule has 1 fully saturated rings. The van der Waals surface area contributed by atoms with Crippen LogP contribution < -0.4 is 14.9 Å². The summed E-state index contributed by atoms with van der Waals surface area (Å²) < 4.78 is 10.2. The Bertz CT molecular complexity index is 919. The number of carbonyl (C=O) groups excluding carboxylic acids is 2. The monoisotopic (exact) mass is 411 g/mol. The Kier molecular flexibility index (Phi) is 6.90. The maximum Gasteiger partial charge on any atom is 0.253 e. The Morgan fingerprint density at radius 1 is 1.10 bits per heavy atom. The number of methoxy groups -OCH3 is 2. The number of hydrazone groups is 1. The van der Waals surface area contributed by atoms with Crippen LogP contribution >= 0.6 is 0 Å². The summed E-state index contributed by atoms with van der Waals surface area (Å²) in [6.45, 7) is 1.01. The molecule has 0 spiro atoms. The van der Waals surface area contributed by atoms with Gasteiger partial charge in [0.2, 0.25) is 5.91 Å². The Balaban J connectivity index is 1.51. The molecule has 158 valence electrons. The molecule has 8 heteroatoms. The second-order valence-electron chi connectivity index (χ2n) is 6.93. The molecule has 1 heterocycles. The molecule has 0 saturated carbocycles. The molecular formula is C22H25N3O5. The summed E-state index contributed by atoms with van der Waals surface area (Å²) >= 11 is 0. The van der Waals surface area contributed by atoms with Crippen LogP contribution in [0.2, 0.25) is 0 Å². The molecule has 8 nitrogen and oxygen atoms in total. The molecule has 0 atom stereocenters. The van der Waals surface area contributed by atoms with Gasteiger partial charge in [-0.1, -0.05) is 6.07 Å². The lowest BCUT2D eigenvalue weighted by Crippen LogP contribution is -2.42. The van der Waals surface area contributed by atoms with Crippen LogP contribution in [0.3, 0.4) is 0 Å². The summed E-state index contributed by atoms with van der Waals surface area (Å²) in [6, 6.07) is 12.0. The van der Waals surface area contributed by atoms with Crippen molar-refractivity contribution in [2.75, 3.05) is 27.3 Å². The smallest absolute Gasteiger partial charge is 0.253 e. The summed E-state index contributed by atoms with van der Waals surface area (Å²) in [5.74, 6) is 0.515. The number of para-hydroxylation sites is 1. The molecular weight excluding hydrogens is 386 g/mol. The molecule has 30 heavy (non-hydrogen) atoms. The van der Waals surface area contributed by atoms with Gasteiger partial charge < -0.3 is 19.5 Å². The molecule has 3 rings (SSSR count). The fraction of sp³-hybridized carbons (Fsp3) is 0.318. The highest BCUT2D eigenvalue weighted by molar-refractivity contribution is 5.94. The first-order chi connectivity index (χ1) is 14.5. The molecule has 0 radical (unpaired) electrons. The number of nitrogens with zero attached hydrogens (tertiary/aromatic N) is 2. The Morgan fingerprint density at radius 3 is 2.43 bits per heavy atom. The summed E-state index contributed by atoms with van der Waals surface area (Å²) in [5, 5.41) is 14.0. The van der Waals surface area contributed by atoms with Crippen molar-refractivity contribution in [1.29, 1.82) is 0 Å². The van der Waals surface area contributed by atoms with Gasteiger partial charge in [-0.05, 0) is 49.2 Å². The third-order valence-corrected chi connectivity index (χ3v) is 5.12. The van der Waals surface area contributed by atoms with E-state index in [1.54, 1.807) is 54.5 Å². The van der Waals surface area contributed by atoms with Crippen LogP contribution in [0, 0.1) is 5.92 Å². The van der Waals surface area contributed by atoms with Crippen LogP contribution in [0.15, 0.2) is 47.6 Å². The first-order valence-corrected chi connectivity index (χ1v) is 9.65. The van der Waals surface area contributed by atoms with E-state index >= 15 is 0 Å². The van der Waals surface area contributed by atoms with Crippen LogP contribution in [0.5, 0.6) is 17.2 Å². The molecule has 1 saturated heterocycles. The number of amides is 2. The number of hydrogen-bond acceptors (Lipinski definition) is 6. The van der Waals surface area contributed by atoms with Gasteiger partial charge in [0.05, 0.1) is 20.4 Å². The van der Waals surface area contributed by atoms with Crippen LogP contribution in [0.25, 0.3) is 0 Å². The predicted octanol–water partition coefficient (Wildman–Crippen LogP) is 2.41. The number of nitrogens with one attached hydrogen (secondary N) is 1. The van der Waals surface area contributed by atoms with E-state index in [9.17, 15) is 14.7 Å². The lowest BCUT2D eigenvalue weighted by atomic mass is 9.95. The van der Waals surface area contributed by atoms with Crippen molar-refractivity contribution in [2.45, 2.75) is 12.8 Å². The molecule has 1 aliphatic rings. The molecule has 2 amide bonds. The number of ether oxygens (including phenoxy) is 2. The van der Waals surface area contributed by atoms with E-state index in [1.807, 2.05) is 0 Å². The van der Waals surface area contributed by atoms with Gasteiger partial charge in [0.15, 0.2) is 11.5 Å². The van der Waals surface area contributed by atoms with Gasteiger partial charge in [0.1, 0.15) is 5.75 Å². The molecule has 1 aliphatic heterocycles. The van der Waals surface area contributed by atoms with Crippen molar-refractivity contribution < 1.29 is 24.2 Å². The largest absolute Gasteiger partial charge is 0.504 e. The number of rotatable bonds is 6. The average Bonchev–Trinajstić information content (AvgIpc) is 2.79. The molecule has 0 aromatic heterocycles. The minimum atomic E-state index is -0.221. The van der Waals surface area contributed by atoms with Crippen molar-refractivity contribution >= 4 is 18.0 Å². The van der Waals surface area contributed by atoms with E-state index < -0.39 is 0 Å². The van der Waals surface area contributed by atoms with Crippen molar-refractivity contribution in [3.05, 3.63) is 53.6 Å². The third-order valence-electron chi connectivity index (χ3n) is 5.12. The van der Waals surface area contributed by atoms with E-state index in [0.29, 0.717) is 48.6 Å². The van der Waals surface area contributed by atoms with Gasteiger partial charge in [-0.3, -0.25) is 9.59 Å². The van der Waals surface area contributed by atoms with Crippen molar-refractivity contribution in [3.63, 3.8) is 0 Å². The highest BCUT2D eigenvalue weighted by Gasteiger charge is 2.27. The Morgan fingerprint density at radius 2 is 1.80 bits per heavy atom. The van der Waals surface area contributed by atoms with E-state index in [4.69, 9.17) is 9.47 Å². The second-order valence-corrected chi connectivity index (χ2v) is 6.93. The van der Waals surface area contributed by atoms with Crippen molar-refractivity contribution in [3.8, 4) is 17.2 Å². The van der Waals surface area contributed by atoms with Crippen molar-refractivity contribution in [2.24, 2.45) is 11.0 Å².